The fourth-order valence-corrected chi connectivity index (χ4v) is 3.26. The number of carbonyl (C=O) groups excluding carboxylic acids is 1. The third kappa shape index (κ3) is 4.89. The molecule has 0 spiro atoms. The normalized spacial score (nSPS) is 17.3. The second-order valence-corrected chi connectivity index (χ2v) is 6.82. The molecule has 0 N–H and O–H groups in total. The van der Waals surface area contributed by atoms with Gasteiger partial charge in [0.25, 0.3) is 11.5 Å². The van der Waals surface area contributed by atoms with Crippen LogP contribution in [-0.2, 0) is 17.1 Å². The highest BCUT2D eigenvalue weighted by Gasteiger charge is 2.40. The molecule has 1 saturated heterocycles. The number of nitrogens with zero attached hydrogens (tertiary/aromatic N) is 3. The number of hydrogen-bond acceptors (Lipinski definition) is 4. The third-order valence-electron chi connectivity index (χ3n) is 4.69. The summed E-state index contributed by atoms with van der Waals surface area (Å²) in [5.41, 5.74) is -5.48. The van der Waals surface area contributed by atoms with E-state index in [1.165, 1.54) is 0 Å². The van der Waals surface area contributed by atoms with Crippen LogP contribution in [0.5, 0.6) is 0 Å². The number of hydrogen-bond donors (Lipinski definition) is 0. The summed E-state index contributed by atoms with van der Waals surface area (Å²) in [6.45, 7) is 2.25. The molecule has 168 valence electrons. The van der Waals surface area contributed by atoms with Crippen LogP contribution in [0.1, 0.15) is 35.0 Å². The topological polar surface area (TPSA) is 64.4 Å². The first-order valence-corrected chi connectivity index (χ1v) is 9.22. The number of ether oxygens (including phenoxy) is 1. The Kier molecular flexibility index (Phi) is 6.12. The van der Waals surface area contributed by atoms with Gasteiger partial charge in [0.05, 0.1) is 22.9 Å². The Morgan fingerprint density at radius 1 is 1.16 bits per heavy atom. The van der Waals surface area contributed by atoms with Gasteiger partial charge in [-0.05, 0) is 31.5 Å². The summed E-state index contributed by atoms with van der Waals surface area (Å²) in [6.07, 6.45) is -9.75. The number of rotatable bonds is 4. The van der Waals surface area contributed by atoms with Gasteiger partial charge >= 0.3 is 12.4 Å². The van der Waals surface area contributed by atoms with E-state index in [0.717, 1.165) is 23.1 Å². The molecule has 2 aromatic rings. The van der Waals surface area contributed by atoms with Crippen LogP contribution in [0, 0.1) is 0 Å². The first kappa shape index (κ1) is 22.8. The van der Waals surface area contributed by atoms with Crippen molar-refractivity contribution in [1.82, 2.24) is 14.7 Å². The molecule has 2 heterocycles. The molecule has 1 aromatic heterocycles. The van der Waals surface area contributed by atoms with Gasteiger partial charge < -0.3 is 9.64 Å². The summed E-state index contributed by atoms with van der Waals surface area (Å²) in [5.74, 6) is -1.09. The van der Waals surface area contributed by atoms with Gasteiger partial charge in [0, 0.05) is 25.8 Å². The van der Waals surface area contributed by atoms with Crippen molar-refractivity contribution in [2.75, 3.05) is 19.7 Å². The van der Waals surface area contributed by atoms with Crippen molar-refractivity contribution in [2.45, 2.75) is 31.8 Å². The number of benzene rings is 1. The molecule has 0 aliphatic carbocycles. The second kappa shape index (κ2) is 8.33. The first-order valence-electron chi connectivity index (χ1n) is 9.22. The van der Waals surface area contributed by atoms with Crippen LogP contribution in [0.4, 0.5) is 26.3 Å². The lowest BCUT2D eigenvalue weighted by atomic mass is 10.1. The highest BCUT2D eigenvalue weighted by atomic mass is 19.4. The lowest BCUT2D eigenvalue weighted by Crippen LogP contribution is -2.36. The lowest BCUT2D eigenvalue weighted by Gasteiger charge is -2.19. The number of carbonyl (C=O) groups is 1. The molecule has 1 aromatic carbocycles. The Labute approximate surface area is 172 Å². The van der Waals surface area contributed by atoms with Gasteiger partial charge in [-0.2, -0.15) is 36.1 Å². The molecule has 1 atom stereocenters. The van der Waals surface area contributed by atoms with Crippen molar-refractivity contribution < 1.29 is 35.9 Å². The van der Waals surface area contributed by atoms with Crippen LogP contribution in [0.2, 0.25) is 0 Å². The molecule has 0 radical (unpaired) electrons. The van der Waals surface area contributed by atoms with E-state index in [1.807, 2.05) is 0 Å². The molecule has 0 saturated carbocycles. The minimum atomic E-state index is -5.07. The van der Waals surface area contributed by atoms with E-state index in [0.29, 0.717) is 23.8 Å². The van der Waals surface area contributed by atoms with Crippen molar-refractivity contribution >= 4 is 5.91 Å². The number of amides is 1. The SMILES string of the molecule is CCO[C@H]1CCN(C(=O)c2nn(-c3cccc(C(F)(F)F)c3)c(=O)cc2C(F)(F)F)C1. The number of aromatic nitrogens is 2. The van der Waals surface area contributed by atoms with Gasteiger partial charge in [-0.3, -0.25) is 9.59 Å². The molecule has 1 aliphatic heterocycles. The van der Waals surface area contributed by atoms with Crippen LogP contribution in [-0.4, -0.2) is 46.4 Å². The molecule has 1 fully saturated rings. The first-order chi connectivity index (χ1) is 14.4. The molecule has 1 amide bonds. The van der Waals surface area contributed by atoms with Crippen LogP contribution in [0.25, 0.3) is 5.69 Å². The number of alkyl halides is 6. The van der Waals surface area contributed by atoms with Gasteiger partial charge in [-0.1, -0.05) is 6.07 Å². The summed E-state index contributed by atoms with van der Waals surface area (Å²) in [5, 5.41) is 3.53. The Morgan fingerprint density at radius 2 is 1.87 bits per heavy atom. The van der Waals surface area contributed by atoms with E-state index in [4.69, 9.17) is 4.74 Å². The number of likely N-dealkylation sites (tertiary alicyclic amines) is 1. The third-order valence-corrected chi connectivity index (χ3v) is 4.69. The largest absolute Gasteiger partial charge is 0.418 e. The minimum absolute atomic E-state index is 0.0360. The predicted octanol–water partition coefficient (Wildman–Crippen LogP) is 3.52. The highest BCUT2D eigenvalue weighted by molar-refractivity contribution is 5.94. The van der Waals surface area contributed by atoms with E-state index < -0.39 is 46.3 Å². The van der Waals surface area contributed by atoms with E-state index in [2.05, 4.69) is 5.10 Å². The summed E-state index contributed by atoms with van der Waals surface area (Å²) in [7, 11) is 0. The molecule has 0 bridgehead atoms. The van der Waals surface area contributed by atoms with Gasteiger partial charge in [0.2, 0.25) is 0 Å². The van der Waals surface area contributed by atoms with Gasteiger partial charge in [0.1, 0.15) is 0 Å². The zero-order chi connectivity index (χ0) is 23.0. The van der Waals surface area contributed by atoms with E-state index in [9.17, 15) is 35.9 Å². The standard InChI is InChI=1S/C19H17F6N3O3/c1-2-31-13-6-7-27(10-13)17(30)16-14(19(23,24)25)9-15(29)28(26-16)12-5-3-4-11(8-12)18(20,21)22/h3-5,8-9,13H,2,6-7,10H2,1H3/t13-/m0/s1. The molecule has 6 nitrogen and oxygen atoms in total. The fourth-order valence-electron chi connectivity index (χ4n) is 3.26. The molecule has 31 heavy (non-hydrogen) atoms. The van der Waals surface area contributed by atoms with Crippen molar-refractivity contribution in [2.24, 2.45) is 0 Å². The minimum Gasteiger partial charge on any atom is -0.377 e. The average Bonchev–Trinajstić information content (AvgIpc) is 3.15. The molecular weight excluding hydrogens is 432 g/mol. The van der Waals surface area contributed by atoms with Crippen LogP contribution in [0.15, 0.2) is 35.1 Å². The summed E-state index contributed by atoms with van der Waals surface area (Å²) in [6, 6.07) is 3.53. The monoisotopic (exact) mass is 449 g/mol. The molecule has 12 heteroatoms. The Hall–Kier alpha value is -2.89. The Balaban J connectivity index is 2.09. The van der Waals surface area contributed by atoms with Gasteiger partial charge in [0.15, 0.2) is 5.69 Å². The van der Waals surface area contributed by atoms with Crippen molar-refractivity contribution in [3.63, 3.8) is 0 Å². The van der Waals surface area contributed by atoms with Crippen LogP contribution >= 0.6 is 0 Å². The maximum atomic E-state index is 13.5. The number of halogens is 6. The average molecular weight is 449 g/mol. The van der Waals surface area contributed by atoms with Crippen LogP contribution in [0.3, 0.4) is 0 Å². The van der Waals surface area contributed by atoms with Crippen LogP contribution < -0.4 is 5.56 Å². The predicted molar refractivity (Wildman–Crippen MR) is 95.8 cm³/mol. The molecule has 1 aliphatic rings. The molecular formula is C19H17F6N3O3. The quantitative estimate of drug-likeness (QED) is 0.671. The second-order valence-electron chi connectivity index (χ2n) is 6.82. The lowest BCUT2D eigenvalue weighted by molar-refractivity contribution is -0.138. The fraction of sp³-hybridized carbons (Fsp3) is 0.421. The Bertz CT molecular complexity index is 1030. The Morgan fingerprint density at radius 3 is 2.48 bits per heavy atom. The van der Waals surface area contributed by atoms with Crippen molar-refractivity contribution in [1.29, 1.82) is 0 Å². The van der Waals surface area contributed by atoms with E-state index in [1.54, 1.807) is 6.92 Å². The maximum absolute atomic E-state index is 13.5. The zero-order valence-corrected chi connectivity index (χ0v) is 16.1. The van der Waals surface area contributed by atoms with Crippen molar-refractivity contribution in [3.05, 3.63) is 57.5 Å². The van der Waals surface area contributed by atoms with Gasteiger partial charge in [-0.15, -0.1) is 0 Å². The summed E-state index contributed by atoms with van der Waals surface area (Å²) >= 11 is 0. The van der Waals surface area contributed by atoms with E-state index in [-0.39, 0.29) is 25.3 Å². The smallest absolute Gasteiger partial charge is 0.377 e. The molecule has 0 unspecified atom stereocenters. The molecule has 3 rings (SSSR count). The zero-order valence-electron chi connectivity index (χ0n) is 16.1. The van der Waals surface area contributed by atoms with E-state index >= 15 is 0 Å². The van der Waals surface area contributed by atoms with Crippen molar-refractivity contribution in [3.8, 4) is 5.69 Å². The summed E-state index contributed by atoms with van der Waals surface area (Å²) in [4.78, 5) is 26.2. The highest BCUT2D eigenvalue weighted by Crippen LogP contribution is 2.32. The maximum Gasteiger partial charge on any atom is 0.418 e. The summed E-state index contributed by atoms with van der Waals surface area (Å²) < 4.78 is 85.2. The van der Waals surface area contributed by atoms with Gasteiger partial charge in [-0.25, -0.2) is 0 Å².